The van der Waals surface area contributed by atoms with Crippen LogP contribution in [0, 0.1) is 6.92 Å². The predicted octanol–water partition coefficient (Wildman–Crippen LogP) is 4.48. The van der Waals surface area contributed by atoms with Gasteiger partial charge in [0, 0.05) is 4.47 Å². The van der Waals surface area contributed by atoms with Crippen molar-refractivity contribution in [1.82, 2.24) is 0 Å². The summed E-state index contributed by atoms with van der Waals surface area (Å²) < 4.78 is 30.9. The van der Waals surface area contributed by atoms with Crippen molar-refractivity contribution in [2.24, 2.45) is 0 Å². The summed E-state index contributed by atoms with van der Waals surface area (Å²) in [6, 6.07) is 12.1. The van der Waals surface area contributed by atoms with Crippen LogP contribution < -0.4 is 4.18 Å². The molecule has 0 aromatic heterocycles. The summed E-state index contributed by atoms with van der Waals surface area (Å²) in [5, 5.41) is 0. The van der Waals surface area contributed by atoms with Crippen molar-refractivity contribution in [2.75, 3.05) is 0 Å². The van der Waals surface area contributed by atoms with Gasteiger partial charge in [-0.15, -0.1) is 0 Å². The van der Waals surface area contributed by atoms with Crippen LogP contribution in [0.25, 0.3) is 0 Å². The lowest BCUT2D eigenvalue weighted by atomic mass is 10.1. The molecule has 0 aliphatic heterocycles. The Morgan fingerprint density at radius 1 is 1.10 bits per heavy atom. The minimum Gasteiger partial charge on any atom is -0.379 e. The molecule has 21 heavy (non-hydrogen) atoms. The summed E-state index contributed by atoms with van der Waals surface area (Å²) >= 11 is 3.29. The second-order valence-electron chi connectivity index (χ2n) is 4.85. The van der Waals surface area contributed by atoms with Gasteiger partial charge in [0.15, 0.2) is 0 Å². The van der Waals surface area contributed by atoms with E-state index < -0.39 is 10.1 Å². The molecule has 3 nitrogen and oxygen atoms in total. The summed E-state index contributed by atoms with van der Waals surface area (Å²) in [7, 11) is -3.81. The molecule has 0 atom stereocenters. The highest BCUT2D eigenvalue weighted by Crippen LogP contribution is 2.26. The van der Waals surface area contributed by atoms with E-state index in [2.05, 4.69) is 15.9 Å². The van der Waals surface area contributed by atoms with Crippen LogP contribution >= 0.6 is 15.9 Å². The fraction of sp³-hybridized carbons (Fsp3) is 0.250. The Morgan fingerprint density at radius 3 is 2.38 bits per heavy atom. The van der Waals surface area contributed by atoms with Gasteiger partial charge in [0.2, 0.25) is 0 Å². The molecule has 0 unspecified atom stereocenters. The number of hydrogen-bond acceptors (Lipinski definition) is 3. The molecule has 0 saturated heterocycles. The standard InChI is InChI=1S/C16H17BrO3S/c1-3-4-13-6-5-12(2)11-16(13)20-21(18,19)15-9-7-14(17)8-10-15/h5-11H,3-4H2,1-2H3. The Balaban J connectivity index is 2.36. The zero-order valence-electron chi connectivity index (χ0n) is 12.0. The van der Waals surface area contributed by atoms with Crippen LogP contribution in [0.2, 0.25) is 0 Å². The van der Waals surface area contributed by atoms with E-state index in [1.54, 1.807) is 18.2 Å². The van der Waals surface area contributed by atoms with E-state index in [1.807, 2.05) is 26.0 Å². The van der Waals surface area contributed by atoms with Crippen molar-refractivity contribution >= 4 is 26.0 Å². The molecule has 112 valence electrons. The number of aryl methyl sites for hydroxylation is 2. The lowest BCUT2D eigenvalue weighted by Gasteiger charge is -2.12. The van der Waals surface area contributed by atoms with Gasteiger partial charge in [0.05, 0.1) is 0 Å². The highest BCUT2D eigenvalue weighted by Gasteiger charge is 2.18. The molecule has 0 spiro atoms. The third-order valence-electron chi connectivity index (χ3n) is 3.04. The first-order valence-electron chi connectivity index (χ1n) is 6.72. The van der Waals surface area contributed by atoms with E-state index >= 15 is 0 Å². The summed E-state index contributed by atoms with van der Waals surface area (Å²) in [6.45, 7) is 3.96. The van der Waals surface area contributed by atoms with E-state index in [-0.39, 0.29) is 4.90 Å². The third kappa shape index (κ3) is 4.08. The van der Waals surface area contributed by atoms with Crippen LogP contribution in [0.4, 0.5) is 0 Å². The molecule has 0 radical (unpaired) electrons. The first-order valence-corrected chi connectivity index (χ1v) is 8.92. The maximum atomic E-state index is 12.3. The Morgan fingerprint density at radius 2 is 1.76 bits per heavy atom. The van der Waals surface area contributed by atoms with E-state index in [4.69, 9.17) is 4.18 Å². The Kier molecular flexibility index (Phi) is 5.06. The topological polar surface area (TPSA) is 43.4 Å². The summed E-state index contributed by atoms with van der Waals surface area (Å²) in [5.41, 5.74) is 1.87. The van der Waals surface area contributed by atoms with Crippen LogP contribution in [0.3, 0.4) is 0 Å². The molecule has 2 rings (SSSR count). The van der Waals surface area contributed by atoms with Gasteiger partial charge in [-0.25, -0.2) is 0 Å². The highest BCUT2D eigenvalue weighted by molar-refractivity contribution is 9.10. The highest BCUT2D eigenvalue weighted by atomic mass is 79.9. The lowest BCUT2D eigenvalue weighted by Crippen LogP contribution is -2.11. The second kappa shape index (κ2) is 6.62. The number of halogens is 1. The van der Waals surface area contributed by atoms with Crippen LogP contribution in [-0.4, -0.2) is 8.42 Å². The number of rotatable bonds is 5. The van der Waals surface area contributed by atoms with Crippen molar-refractivity contribution in [3.05, 3.63) is 58.1 Å². The Bertz CT molecular complexity index is 722. The first kappa shape index (κ1) is 16.0. The molecular weight excluding hydrogens is 352 g/mol. The number of benzene rings is 2. The largest absolute Gasteiger partial charge is 0.379 e. The van der Waals surface area contributed by atoms with Gasteiger partial charge in [0.25, 0.3) is 0 Å². The van der Waals surface area contributed by atoms with Crippen LogP contribution in [0.1, 0.15) is 24.5 Å². The van der Waals surface area contributed by atoms with Crippen molar-refractivity contribution < 1.29 is 12.6 Å². The minimum absolute atomic E-state index is 0.148. The zero-order chi connectivity index (χ0) is 15.5. The molecule has 0 heterocycles. The zero-order valence-corrected chi connectivity index (χ0v) is 14.4. The molecule has 0 amide bonds. The van der Waals surface area contributed by atoms with Crippen molar-refractivity contribution in [1.29, 1.82) is 0 Å². The van der Waals surface area contributed by atoms with Crippen molar-refractivity contribution in [2.45, 2.75) is 31.6 Å². The summed E-state index contributed by atoms with van der Waals surface area (Å²) in [4.78, 5) is 0.148. The second-order valence-corrected chi connectivity index (χ2v) is 7.31. The molecule has 0 saturated carbocycles. The fourth-order valence-electron chi connectivity index (χ4n) is 1.98. The van der Waals surface area contributed by atoms with E-state index in [0.717, 1.165) is 28.4 Å². The molecule has 2 aromatic carbocycles. The van der Waals surface area contributed by atoms with E-state index in [1.165, 1.54) is 12.1 Å². The monoisotopic (exact) mass is 368 g/mol. The van der Waals surface area contributed by atoms with Crippen LogP contribution in [0.5, 0.6) is 5.75 Å². The van der Waals surface area contributed by atoms with Gasteiger partial charge in [-0.05, 0) is 54.8 Å². The molecule has 0 N–H and O–H groups in total. The van der Waals surface area contributed by atoms with Crippen molar-refractivity contribution in [3.8, 4) is 5.75 Å². The van der Waals surface area contributed by atoms with Crippen molar-refractivity contribution in [3.63, 3.8) is 0 Å². The molecule has 0 bridgehead atoms. The molecule has 0 aliphatic rings. The average molecular weight is 369 g/mol. The Labute approximate surface area is 134 Å². The van der Waals surface area contributed by atoms with Gasteiger partial charge >= 0.3 is 10.1 Å². The van der Waals surface area contributed by atoms with E-state index in [0.29, 0.717) is 5.75 Å². The Hall–Kier alpha value is -1.33. The number of hydrogen-bond donors (Lipinski definition) is 0. The molecule has 2 aromatic rings. The lowest BCUT2D eigenvalue weighted by molar-refractivity contribution is 0.482. The minimum atomic E-state index is -3.81. The van der Waals surface area contributed by atoms with E-state index in [9.17, 15) is 8.42 Å². The molecule has 0 fully saturated rings. The fourth-order valence-corrected chi connectivity index (χ4v) is 3.20. The summed E-state index contributed by atoms with van der Waals surface area (Å²) in [5.74, 6) is 0.416. The van der Waals surface area contributed by atoms with Gasteiger partial charge in [-0.2, -0.15) is 8.42 Å². The quantitative estimate of drug-likeness (QED) is 0.730. The van der Waals surface area contributed by atoms with Crippen LogP contribution in [0.15, 0.2) is 51.8 Å². The SMILES string of the molecule is CCCc1ccc(C)cc1OS(=O)(=O)c1ccc(Br)cc1. The maximum Gasteiger partial charge on any atom is 0.339 e. The van der Waals surface area contributed by atoms with Gasteiger partial charge in [0.1, 0.15) is 10.6 Å². The predicted molar refractivity (Wildman–Crippen MR) is 87.1 cm³/mol. The molecular formula is C16H17BrO3S. The van der Waals surface area contributed by atoms with Gasteiger partial charge in [-0.1, -0.05) is 41.4 Å². The maximum absolute atomic E-state index is 12.3. The van der Waals surface area contributed by atoms with Gasteiger partial charge < -0.3 is 4.18 Å². The molecule has 5 heteroatoms. The summed E-state index contributed by atoms with van der Waals surface area (Å²) in [6.07, 6.45) is 1.71. The first-order chi connectivity index (χ1) is 9.92. The van der Waals surface area contributed by atoms with Gasteiger partial charge in [-0.3, -0.25) is 0 Å². The third-order valence-corrected chi connectivity index (χ3v) is 4.82. The smallest absolute Gasteiger partial charge is 0.339 e. The van der Waals surface area contributed by atoms with Crippen LogP contribution in [-0.2, 0) is 16.5 Å². The normalized spacial score (nSPS) is 11.4. The molecule has 0 aliphatic carbocycles. The average Bonchev–Trinajstić information content (AvgIpc) is 2.42.